The number of carbonyl (C=O) groups excluding carboxylic acids is 1. The second kappa shape index (κ2) is 12.4. The van der Waals surface area contributed by atoms with Gasteiger partial charge in [-0.3, -0.25) is 4.98 Å². The molecule has 5 heteroatoms. The fourth-order valence-electron chi connectivity index (χ4n) is 5.03. The largest absolute Gasteiger partial charge is 0.458 e. The van der Waals surface area contributed by atoms with Gasteiger partial charge in [-0.05, 0) is 89.0 Å². The molecule has 2 saturated carbocycles. The molecule has 0 saturated heterocycles. The maximum absolute atomic E-state index is 9.44. The van der Waals surface area contributed by atoms with Gasteiger partial charge < -0.3 is 14.5 Å². The molecule has 0 radical (unpaired) electrons. The highest BCUT2D eigenvalue weighted by Crippen LogP contribution is 2.56. The quantitative estimate of drug-likeness (QED) is 0.388. The number of halogens is 1. The lowest BCUT2D eigenvalue weighted by Crippen LogP contribution is -2.25. The number of H-pyrrole nitrogens is 1. The molecule has 5 rings (SSSR count). The number of allylic oxidation sites excluding steroid dienone is 1. The number of rotatable bonds is 4. The van der Waals surface area contributed by atoms with Gasteiger partial charge in [0.2, 0.25) is 0 Å². The first-order valence-corrected chi connectivity index (χ1v) is 13.2. The molecule has 2 aromatic heterocycles. The van der Waals surface area contributed by atoms with Gasteiger partial charge in [0.1, 0.15) is 17.3 Å². The van der Waals surface area contributed by atoms with E-state index in [0.717, 1.165) is 55.8 Å². The Morgan fingerprint density at radius 2 is 1.86 bits per heavy atom. The summed E-state index contributed by atoms with van der Waals surface area (Å²) < 4.78 is 5.89. The summed E-state index contributed by atoms with van der Waals surface area (Å²) in [6.07, 6.45) is 9.14. The summed E-state index contributed by atoms with van der Waals surface area (Å²) in [5.74, 6) is 4.92. The number of fused-ring (bicyclic) bond motifs is 2. The number of benzene rings is 1. The maximum Gasteiger partial charge on any atom is 0.128 e. The van der Waals surface area contributed by atoms with E-state index >= 15 is 0 Å². The SMILES string of the molecule is C=C(/C=c1/[nH]c(CC)c(Cl)c1=C(C)C)Oc1ccc2ncccc2c1.CC(C)=O.CC1C2CCCC12. The Hall–Kier alpha value is -2.85. The fraction of sp³-hybridized carbons (Fsp3) is 0.419. The Kier molecular flexibility index (Phi) is 9.56. The van der Waals surface area contributed by atoms with Crippen LogP contribution in [0.4, 0.5) is 0 Å². The van der Waals surface area contributed by atoms with Crippen molar-refractivity contribution in [1.29, 1.82) is 0 Å². The Morgan fingerprint density at radius 3 is 2.42 bits per heavy atom. The van der Waals surface area contributed by atoms with Crippen LogP contribution in [0.25, 0.3) is 22.6 Å². The van der Waals surface area contributed by atoms with Crippen molar-refractivity contribution in [2.45, 2.75) is 67.2 Å². The standard InChI is InChI=1S/C21H21ClN2O.C7H12.C3H6O/c1-5-17-21(22)20(13(2)3)19(24-17)11-14(4)25-16-8-9-18-15(12-16)7-6-10-23-18;1-5-6-3-2-4-7(5)6;1-3(2)4/h6-12,24H,4-5H2,1-3H3;5-7H,2-4H2,1H3;1-2H3/b19-11+;;. The van der Waals surface area contributed by atoms with Gasteiger partial charge in [0.05, 0.1) is 15.9 Å². The van der Waals surface area contributed by atoms with E-state index in [4.69, 9.17) is 16.3 Å². The third-order valence-electron chi connectivity index (χ3n) is 6.86. The number of Topliss-reactive ketones (excluding diaryl/α,β-unsaturated/α-hetero) is 1. The van der Waals surface area contributed by atoms with Gasteiger partial charge in [0, 0.05) is 28.6 Å². The Bertz CT molecular complexity index is 1340. The Morgan fingerprint density at radius 1 is 1.19 bits per heavy atom. The van der Waals surface area contributed by atoms with Crippen LogP contribution < -0.4 is 15.3 Å². The van der Waals surface area contributed by atoms with E-state index in [1.165, 1.54) is 32.1 Å². The van der Waals surface area contributed by atoms with Crippen LogP contribution in [0.1, 0.15) is 66.5 Å². The molecule has 1 N–H and O–H groups in total. The minimum atomic E-state index is 0.167. The summed E-state index contributed by atoms with van der Waals surface area (Å²) in [5, 5.41) is 3.75. The van der Waals surface area contributed by atoms with Crippen LogP contribution in [0.2, 0.25) is 5.02 Å². The summed E-state index contributed by atoms with van der Waals surface area (Å²) in [6.45, 7) is 15.6. The average Bonchev–Trinajstić information content (AvgIpc) is 3.16. The number of carbonyl (C=O) groups is 1. The smallest absolute Gasteiger partial charge is 0.128 e. The number of nitrogens with one attached hydrogen (secondary N) is 1. The molecule has 4 nitrogen and oxygen atoms in total. The molecule has 0 amide bonds. The monoisotopic (exact) mass is 506 g/mol. The maximum atomic E-state index is 9.44. The van der Waals surface area contributed by atoms with E-state index < -0.39 is 0 Å². The van der Waals surface area contributed by atoms with E-state index in [2.05, 4.69) is 30.4 Å². The van der Waals surface area contributed by atoms with Crippen molar-refractivity contribution in [2.24, 2.45) is 17.8 Å². The number of hydrogen-bond acceptors (Lipinski definition) is 3. The second-order valence-electron chi connectivity index (χ2n) is 10.2. The van der Waals surface area contributed by atoms with E-state index in [1.807, 2.05) is 50.3 Å². The molecule has 2 atom stereocenters. The van der Waals surface area contributed by atoms with Gasteiger partial charge in [-0.25, -0.2) is 0 Å². The van der Waals surface area contributed by atoms with Gasteiger partial charge in [0.25, 0.3) is 0 Å². The molecule has 2 fully saturated rings. The number of nitrogens with zero attached hydrogens (tertiary/aromatic N) is 1. The topological polar surface area (TPSA) is 55.0 Å². The van der Waals surface area contributed by atoms with Crippen molar-refractivity contribution in [3.8, 4) is 5.75 Å². The summed E-state index contributed by atoms with van der Waals surface area (Å²) in [5.41, 5.74) is 3.11. The van der Waals surface area contributed by atoms with Crippen LogP contribution in [-0.2, 0) is 11.2 Å². The predicted molar refractivity (Wildman–Crippen MR) is 152 cm³/mol. The first kappa shape index (κ1) is 27.7. The molecule has 0 spiro atoms. The minimum absolute atomic E-state index is 0.167. The highest BCUT2D eigenvalue weighted by Gasteiger charge is 2.48. The zero-order valence-electron chi connectivity index (χ0n) is 22.5. The molecule has 2 aliphatic rings. The third kappa shape index (κ3) is 7.10. The average molecular weight is 507 g/mol. The lowest BCUT2D eigenvalue weighted by molar-refractivity contribution is -0.114. The van der Waals surface area contributed by atoms with Gasteiger partial charge in [0.15, 0.2) is 0 Å². The van der Waals surface area contributed by atoms with Crippen LogP contribution in [0.3, 0.4) is 0 Å². The molecule has 36 heavy (non-hydrogen) atoms. The van der Waals surface area contributed by atoms with Crippen molar-refractivity contribution in [3.05, 3.63) is 70.2 Å². The van der Waals surface area contributed by atoms with Crippen LogP contribution in [0, 0.1) is 17.8 Å². The first-order valence-electron chi connectivity index (χ1n) is 12.9. The van der Waals surface area contributed by atoms with Gasteiger partial charge >= 0.3 is 0 Å². The molecule has 2 aliphatic carbocycles. The lowest BCUT2D eigenvalue weighted by Gasteiger charge is -2.06. The predicted octanol–water partition coefficient (Wildman–Crippen LogP) is 6.99. The highest BCUT2D eigenvalue weighted by molar-refractivity contribution is 6.31. The molecule has 0 aliphatic heterocycles. The van der Waals surface area contributed by atoms with Crippen molar-refractivity contribution in [2.75, 3.05) is 0 Å². The molecule has 0 bridgehead atoms. The van der Waals surface area contributed by atoms with Gasteiger partial charge in [-0.1, -0.05) is 50.1 Å². The number of pyridine rings is 1. The molecular weight excluding hydrogens is 468 g/mol. The molecule has 2 unspecified atom stereocenters. The lowest BCUT2D eigenvalue weighted by atomic mass is 10.2. The second-order valence-corrected chi connectivity index (χ2v) is 10.5. The number of aromatic nitrogens is 2. The zero-order valence-corrected chi connectivity index (χ0v) is 23.2. The molecule has 3 aromatic rings. The van der Waals surface area contributed by atoms with Crippen molar-refractivity contribution in [3.63, 3.8) is 0 Å². The highest BCUT2D eigenvalue weighted by atomic mass is 35.5. The number of ether oxygens (including phenoxy) is 1. The van der Waals surface area contributed by atoms with Crippen molar-refractivity contribution < 1.29 is 9.53 Å². The van der Waals surface area contributed by atoms with Crippen molar-refractivity contribution >= 4 is 39.9 Å². The summed E-state index contributed by atoms with van der Waals surface area (Å²) in [7, 11) is 0. The van der Waals surface area contributed by atoms with Crippen LogP contribution >= 0.6 is 11.6 Å². The van der Waals surface area contributed by atoms with Crippen molar-refractivity contribution in [1.82, 2.24) is 9.97 Å². The van der Waals surface area contributed by atoms with E-state index in [9.17, 15) is 4.79 Å². The molecule has 1 aromatic carbocycles. The molecule has 192 valence electrons. The Labute approximate surface area is 220 Å². The van der Waals surface area contributed by atoms with E-state index in [0.29, 0.717) is 5.76 Å². The van der Waals surface area contributed by atoms with E-state index in [1.54, 1.807) is 19.0 Å². The summed E-state index contributed by atoms with van der Waals surface area (Å²) in [4.78, 5) is 17.1. The number of ketones is 1. The molecular formula is C31H39ClN2O2. The summed E-state index contributed by atoms with van der Waals surface area (Å²) in [6, 6.07) is 9.71. The van der Waals surface area contributed by atoms with Crippen LogP contribution in [0.15, 0.2) is 48.9 Å². The number of aryl methyl sites for hydroxylation is 1. The Balaban J connectivity index is 0.000000268. The normalized spacial score (nSPS) is 20.0. The van der Waals surface area contributed by atoms with Gasteiger partial charge in [-0.15, -0.1) is 0 Å². The summed E-state index contributed by atoms with van der Waals surface area (Å²) >= 11 is 6.48. The fourth-order valence-corrected chi connectivity index (χ4v) is 5.50. The number of aromatic amines is 1. The van der Waals surface area contributed by atoms with E-state index in [-0.39, 0.29) is 5.78 Å². The first-order chi connectivity index (χ1) is 17.1. The molecule has 2 heterocycles. The van der Waals surface area contributed by atoms with Crippen LogP contribution in [-0.4, -0.2) is 15.8 Å². The minimum Gasteiger partial charge on any atom is -0.458 e. The number of hydrogen-bond donors (Lipinski definition) is 1. The zero-order chi connectivity index (χ0) is 26.4. The van der Waals surface area contributed by atoms with Gasteiger partial charge in [-0.2, -0.15) is 0 Å². The van der Waals surface area contributed by atoms with Crippen LogP contribution in [0.5, 0.6) is 5.75 Å². The third-order valence-corrected chi connectivity index (χ3v) is 7.27.